The summed E-state index contributed by atoms with van der Waals surface area (Å²) >= 11 is 0. The van der Waals surface area contributed by atoms with Crippen molar-refractivity contribution >= 4 is 0 Å². The highest BCUT2D eigenvalue weighted by Gasteiger charge is 2.00. The van der Waals surface area contributed by atoms with E-state index in [1.54, 1.807) is 0 Å². The van der Waals surface area contributed by atoms with Gasteiger partial charge in [-0.15, -0.1) is 0 Å². The topological polar surface area (TPSA) is 74.8 Å². The summed E-state index contributed by atoms with van der Waals surface area (Å²) in [7, 11) is 0. The molecule has 4 heteroatoms. The van der Waals surface area contributed by atoms with Crippen molar-refractivity contribution in [3.8, 4) is 0 Å². The van der Waals surface area contributed by atoms with Gasteiger partial charge in [-0.3, -0.25) is 0 Å². The van der Waals surface area contributed by atoms with Gasteiger partial charge in [0, 0.05) is 17.5 Å². The van der Waals surface area contributed by atoms with E-state index in [1.165, 1.54) is 11.1 Å². The van der Waals surface area contributed by atoms with Crippen molar-refractivity contribution in [2.45, 2.75) is 38.6 Å². The number of nitrogens with two attached hydrogens (primary N) is 1. The molecule has 17 heavy (non-hydrogen) atoms. The number of hydrogen-bond donors (Lipinski definition) is 1. The van der Waals surface area contributed by atoms with Gasteiger partial charge in [-0.05, 0) is 42.8 Å². The van der Waals surface area contributed by atoms with Crippen LogP contribution >= 0.6 is 0 Å². The van der Waals surface area contributed by atoms with Gasteiger partial charge < -0.3 is 5.73 Å². The van der Waals surface area contributed by atoms with Crippen molar-refractivity contribution in [3.63, 3.8) is 0 Å². The summed E-state index contributed by atoms with van der Waals surface area (Å²) < 4.78 is 0. The van der Waals surface area contributed by atoms with Crippen LogP contribution in [0, 0.1) is 0 Å². The molecule has 0 fully saturated rings. The first-order valence-corrected chi connectivity index (χ1v) is 6.09. The minimum absolute atomic E-state index is 0.0971. The van der Waals surface area contributed by atoms with Crippen LogP contribution in [0.2, 0.25) is 0 Å². The Morgan fingerprint density at radius 2 is 2.18 bits per heavy atom. The molecule has 0 aliphatic rings. The second-order valence-corrected chi connectivity index (χ2v) is 4.30. The Bertz CT molecular complexity index is 381. The summed E-state index contributed by atoms with van der Waals surface area (Å²) in [6, 6.07) is 8.54. The molecule has 0 spiro atoms. The van der Waals surface area contributed by atoms with Gasteiger partial charge in [0.05, 0.1) is 0 Å². The minimum atomic E-state index is 0.0971. The molecule has 0 heterocycles. The fourth-order valence-corrected chi connectivity index (χ4v) is 1.76. The van der Waals surface area contributed by atoms with Crippen molar-refractivity contribution in [2.75, 3.05) is 6.54 Å². The number of unbranched alkanes of at least 4 members (excludes halogenated alkanes) is 2. The molecule has 4 nitrogen and oxygen atoms in total. The summed E-state index contributed by atoms with van der Waals surface area (Å²) in [6.07, 6.45) is 4.26. The highest BCUT2D eigenvalue weighted by molar-refractivity contribution is 5.25. The fourth-order valence-electron chi connectivity index (χ4n) is 1.76. The quantitative estimate of drug-likeness (QED) is 0.331. The lowest BCUT2D eigenvalue weighted by molar-refractivity contribution is 0.684. The summed E-state index contributed by atoms with van der Waals surface area (Å²) in [4.78, 5) is 2.73. The minimum Gasteiger partial charge on any atom is -0.324 e. The SMILES string of the molecule is C[C@H](N)c1cccc(CCCCCN=[N+]=[N-])c1. The van der Waals surface area contributed by atoms with Crippen LogP contribution in [0.15, 0.2) is 29.4 Å². The number of rotatable bonds is 7. The highest BCUT2D eigenvalue weighted by atomic mass is 15.1. The number of nitrogens with zero attached hydrogens (tertiary/aromatic N) is 3. The van der Waals surface area contributed by atoms with Crippen LogP contribution in [0.25, 0.3) is 10.4 Å². The molecule has 0 aliphatic heterocycles. The maximum atomic E-state index is 8.13. The van der Waals surface area contributed by atoms with Gasteiger partial charge in [-0.25, -0.2) is 0 Å². The van der Waals surface area contributed by atoms with Crippen LogP contribution in [0.3, 0.4) is 0 Å². The Kier molecular flexibility index (Phi) is 6.15. The van der Waals surface area contributed by atoms with E-state index in [9.17, 15) is 0 Å². The van der Waals surface area contributed by atoms with Crippen LogP contribution in [0.4, 0.5) is 0 Å². The third-order valence-corrected chi connectivity index (χ3v) is 2.76. The third-order valence-electron chi connectivity index (χ3n) is 2.76. The fraction of sp³-hybridized carbons (Fsp3) is 0.538. The molecule has 0 unspecified atom stereocenters. The van der Waals surface area contributed by atoms with Crippen LogP contribution in [-0.4, -0.2) is 6.54 Å². The van der Waals surface area contributed by atoms with Crippen LogP contribution in [0.1, 0.15) is 43.4 Å². The largest absolute Gasteiger partial charge is 0.324 e. The lowest BCUT2D eigenvalue weighted by Crippen LogP contribution is -2.05. The highest BCUT2D eigenvalue weighted by Crippen LogP contribution is 2.14. The monoisotopic (exact) mass is 232 g/mol. The number of azide groups is 1. The molecule has 1 atom stereocenters. The molecule has 0 saturated carbocycles. The Balaban J connectivity index is 2.31. The third kappa shape index (κ3) is 5.38. The number of aryl methyl sites for hydroxylation is 1. The summed E-state index contributed by atoms with van der Waals surface area (Å²) in [5.41, 5.74) is 16.5. The standard InChI is InChI=1S/C13H20N4/c1-11(14)13-8-5-7-12(10-13)6-3-2-4-9-16-17-15/h5,7-8,10-11H,2-4,6,9,14H2,1H3/t11-/m0/s1. The zero-order valence-electron chi connectivity index (χ0n) is 10.3. The summed E-state index contributed by atoms with van der Waals surface area (Å²) in [5, 5.41) is 3.52. The molecule has 2 N–H and O–H groups in total. The van der Waals surface area contributed by atoms with E-state index in [4.69, 9.17) is 11.3 Å². The summed E-state index contributed by atoms with van der Waals surface area (Å²) in [5.74, 6) is 0. The smallest absolute Gasteiger partial charge is 0.0266 e. The predicted molar refractivity (Wildman–Crippen MR) is 70.6 cm³/mol. The van der Waals surface area contributed by atoms with Gasteiger partial charge in [0.25, 0.3) is 0 Å². The molecule has 1 aromatic carbocycles. The van der Waals surface area contributed by atoms with Crippen molar-refractivity contribution in [1.82, 2.24) is 0 Å². The first kappa shape index (κ1) is 13.6. The van der Waals surface area contributed by atoms with E-state index in [2.05, 4.69) is 34.3 Å². The first-order chi connectivity index (χ1) is 8.24. The van der Waals surface area contributed by atoms with Gasteiger partial charge in [0.1, 0.15) is 0 Å². The molecular formula is C13H20N4. The van der Waals surface area contributed by atoms with Gasteiger partial charge in [-0.1, -0.05) is 35.8 Å². The molecule has 0 aromatic heterocycles. The maximum Gasteiger partial charge on any atom is 0.0266 e. The molecule has 92 valence electrons. The van der Waals surface area contributed by atoms with E-state index in [0.29, 0.717) is 6.54 Å². The first-order valence-electron chi connectivity index (χ1n) is 6.09. The van der Waals surface area contributed by atoms with E-state index >= 15 is 0 Å². The second-order valence-electron chi connectivity index (χ2n) is 4.30. The van der Waals surface area contributed by atoms with Gasteiger partial charge in [0.2, 0.25) is 0 Å². The number of hydrogen-bond acceptors (Lipinski definition) is 2. The molecule has 0 saturated heterocycles. The Labute approximate surface area is 102 Å². The second kappa shape index (κ2) is 7.71. The van der Waals surface area contributed by atoms with Crippen LogP contribution < -0.4 is 5.73 Å². The van der Waals surface area contributed by atoms with Crippen molar-refractivity contribution in [1.29, 1.82) is 0 Å². The Morgan fingerprint density at radius 1 is 1.35 bits per heavy atom. The lowest BCUT2D eigenvalue weighted by Gasteiger charge is -2.08. The number of benzene rings is 1. The normalized spacial score (nSPS) is 11.9. The van der Waals surface area contributed by atoms with Gasteiger partial charge >= 0.3 is 0 Å². The lowest BCUT2D eigenvalue weighted by atomic mass is 10.0. The van der Waals surface area contributed by atoms with E-state index in [1.807, 2.05) is 6.92 Å². The predicted octanol–water partition coefficient (Wildman–Crippen LogP) is 3.73. The zero-order valence-corrected chi connectivity index (χ0v) is 10.3. The van der Waals surface area contributed by atoms with Crippen LogP contribution in [0.5, 0.6) is 0 Å². The molecule has 0 radical (unpaired) electrons. The average molecular weight is 232 g/mol. The van der Waals surface area contributed by atoms with E-state index < -0.39 is 0 Å². The van der Waals surface area contributed by atoms with E-state index in [0.717, 1.165) is 25.7 Å². The Hall–Kier alpha value is -1.51. The zero-order chi connectivity index (χ0) is 12.5. The molecule has 1 aromatic rings. The van der Waals surface area contributed by atoms with Gasteiger partial charge in [-0.2, -0.15) is 0 Å². The molecule has 0 amide bonds. The molecule has 0 aliphatic carbocycles. The Morgan fingerprint density at radius 3 is 2.88 bits per heavy atom. The van der Waals surface area contributed by atoms with Crippen molar-refractivity contribution in [3.05, 3.63) is 45.8 Å². The maximum absolute atomic E-state index is 8.13. The van der Waals surface area contributed by atoms with Crippen molar-refractivity contribution < 1.29 is 0 Å². The van der Waals surface area contributed by atoms with Crippen molar-refractivity contribution in [2.24, 2.45) is 10.8 Å². The molecule has 0 bridgehead atoms. The van der Waals surface area contributed by atoms with Gasteiger partial charge in [0.15, 0.2) is 0 Å². The van der Waals surface area contributed by atoms with Crippen LogP contribution in [-0.2, 0) is 6.42 Å². The summed E-state index contributed by atoms with van der Waals surface area (Å²) in [6.45, 7) is 2.61. The molecule has 1 rings (SSSR count). The van der Waals surface area contributed by atoms with E-state index in [-0.39, 0.29) is 6.04 Å². The molecular weight excluding hydrogens is 212 g/mol. The average Bonchev–Trinajstić information content (AvgIpc) is 2.34.